The Balaban J connectivity index is 2.63. The van der Waals surface area contributed by atoms with E-state index in [4.69, 9.17) is 4.74 Å². The minimum absolute atomic E-state index is 0.00523. The molecule has 7 heteroatoms. The van der Waals surface area contributed by atoms with E-state index in [2.05, 4.69) is 24.5 Å². The van der Waals surface area contributed by atoms with Crippen LogP contribution in [0.4, 0.5) is 4.79 Å². The molecule has 0 radical (unpaired) electrons. The summed E-state index contributed by atoms with van der Waals surface area (Å²) in [6, 6.07) is -0.186. The Morgan fingerprint density at radius 3 is 2.17 bits per heavy atom. The first kappa shape index (κ1) is 26.4. The fraction of sp³-hybridized carbons (Fsp3) is 0.826. The highest BCUT2D eigenvalue weighted by Crippen LogP contribution is 2.36. The van der Waals surface area contributed by atoms with Crippen molar-refractivity contribution in [1.82, 2.24) is 15.7 Å². The van der Waals surface area contributed by atoms with Crippen LogP contribution in [0.3, 0.4) is 0 Å². The largest absolute Gasteiger partial charge is 0.444 e. The second-order valence-electron chi connectivity index (χ2n) is 11.1. The maximum atomic E-state index is 12.5. The summed E-state index contributed by atoms with van der Waals surface area (Å²) in [4.78, 5) is 24.6. The molecule has 7 nitrogen and oxygen atoms in total. The quantitative estimate of drug-likeness (QED) is 0.526. The van der Waals surface area contributed by atoms with Crippen LogP contribution in [-0.2, 0) is 9.53 Å². The van der Waals surface area contributed by atoms with Crippen molar-refractivity contribution >= 4 is 12.0 Å². The summed E-state index contributed by atoms with van der Waals surface area (Å²) in [6.07, 6.45) is 5.57. The molecule has 3 N–H and O–H groups in total. The van der Waals surface area contributed by atoms with Gasteiger partial charge in [-0.2, -0.15) is 5.06 Å². The van der Waals surface area contributed by atoms with E-state index >= 15 is 0 Å². The van der Waals surface area contributed by atoms with Gasteiger partial charge in [-0.15, -0.1) is 0 Å². The standard InChI is InChI=1S/C23H43N3O4/c1-16(2)13-17(25-20(28)30-21(3,4)5)11-10-12-19(27)24-18-14-22(6,7)26(29)23(8,9)15-18/h10-11,16-18,29H,12-15H2,1-9H3,(H,24,27)(H,25,28)/b11-10+/t17-/m0/s1. The molecule has 0 aromatic heterocycles. The van der Waals surface area contributed by atoms with Crippen LogP contribution in [0, 0.1) is 5.92 Å². The molecule has 1 aliphatic heterocycles. The van der Waals surface area contributed by atoms with E-state index in [-0.39, 0.29) is 24.4 Å². The Morgan fingerprint density at radius 1 is 1.17 bits per heavy atom. The van der Waals surface area contributed by atoms with Crippen molar-refractivity contribution in [2.24, 2.45) is 5.92 Å². The first-order chi connectivity index (χ1) is 13.5. The molecule has 0 spiro atoms. The van der Waals surface area contributed by atoms with Crippen molar-refractivity contribution in [1.29, 1.82) is 0 Å². The lowest BCUT2D eigenvalue weighted by atomic mass is 9.79. The van der Waals surface area contributed by atoms with E-state index in [1.165, 1.54) is 5.06 Å². The topological polar surface area (TPSA) is 90.9 Å². The predicted molar refractivity (Wildman–Crippen MR) is 119 cm³/mol. The van der Waals surface area contributed by atoms with Crippen LogP contribution in [0.1, 0.15) is 88.0 Å². The molecule has 0 aromatic carbocycles. The number of piperidine rings is 1. The summed E-state index contributed by atoms with van der Waals surface area (Å²) in [5, 5.41) is 17.8. The average Bonchev–Trinajstić information content (AvgIpc) is 2.49. The van der Waals surface area contributed by atoms with E-state index in [1.54, 1.807) is 6.08 Å². The van der Waals surface area contributed by atoms with E-state index in [0.29, 0.717) is 18.8 Å². The zero-order chi connectivity index (χ0) is 23.3. The van der Waals surface area contributed by atoms with Gasteiger partial charge in [0.15, 0.2) is 0 Å². The molecule has 0 unspecified atom stereocenters. The van der Waals surface area contributed by atoms with Crippen LogP contribution in [0.5, 0.6) is 0 Å². The normalized spacial score (nSPS) is 20.9. The van der Waals surface area contributed by atoms with Gasteiger partial charge in [0.1, 0.15) is 5.60 Å². The second kappa shape index (κ2) is 10.1. The maximum absolute atomic E-state index is 12.5. The summed E-state index contributed by atoms with van der Waals surface area (Å²) < 4.78 is 5.34. The number of ether oxygens (including phenoxy) is 1. The monoisotopic (exact) mass is 425 g/mol. The Labute approximate surface area is 182 Å². The third-order valence-electron chi connectivity index (χ3n) is 5.10. The van der Waals surface area contributed by atoms with Crippen LogP contribution in [0.15, 0.2) is 12.2 Å². The maximum Gasteiger partial charge on any atom is 0.408 e. The first-order valence-corrected chi connectivity index (χ1v) is 11.0. The van der Waals surface area contributed by atoms with Crippen LogP contribution in [-0.4, -0.2) is 51.0 Å². The third-order valence-corrected chi connectivity index (χ3v) is 5.10. The van der Waals surface area contributed by atoms with Crippen LogP contribution in [0.2, 0.25) is 0 Å². The number of nitrogens with one attached hydrogen (secondary N) is 2. The summed E-state index contributed by atoms with van der Waals surface area (Å²) in [5.74, 6) is 0.325. The molecule has 0 aromatic rings. The number of hydrogen-bond acceptors (Lipinski definition) is 5. The molecule has 0 bridgehead atoms. The zero-order valence-corrected chi connectivity index (χ0v) is 20.3. The summed E-state index contributed by atoms with van der Waals surface area (Å²) in [5.41, 5.74) is -1.37. The average molecular weight is 426 g/mol. The highest BCUT2D eigenvalue weighted by Gasteiger charge is 2.45. The molecule has 1 saturated heterocycles. The number of carbonyl (C=O) groups is 2. The lowest BCUT2D eigenvalue weighted by Gasteiger charge is -2.51. The molecule has 0 aliphatic carbocycles. The minimum Gasteiger partial charge on any atom is -0.444 e. The molecule has 0 saturated carbocycles. The van der Waals surface area contributed by atoms with Crippen LogP contribution < -0.4 is 10.6 Å². The van der Waals surface area contributed by atoms with Gasteiger partial charge in [0, 0.05) is 23.5 Å². The van der Waals surface area contributed by atoms with E-state index in [1.807, 2.05) is 54.5 Å². The highest BCUT2D eigenvalue weighted by molar-refractivity contribution is 5.77. The fourth-order valence-electron chi connectivity index (χ4n) is 4.15. The third kappa shape index (κ3) is 9.04. The van der Waals surface area contributed by atoms with Gasteiger partial charge >= 0.3 is 6.09 Å². The van der Waals surface area contributed by atoms with Gasteiger partial charge in [0.05, 0.1) is 6.04 Å². The Bertz CT molecular complexity index is 602. The van der Waals surface area contributed by atoms with Crippen molar-refractivity contribution in [2.45, 2.75) is 117 Å². The Kier molecular flexibility index (Phi) is 8.93. The molecule has 1 heterocycles. The number of nitrogens with zero attached hydrogens (tertiary/aromatic N) is 1. The van der Waals surface area contributed by atoms with Crippen molar-refractivity contribution in [3.8, 4) is 0 Å². The zero-order valence-electron chi connectivity index (χ0n) is 20.3. The number of carbonyl (C=O) groups excluding carboxylic acids is 2. The highest BCUT2D eigenvalue weighted by atomic mass is 16.6. The predicted octanol–water partition coefficient (Wildman–Crippen LogP) is 4.40. The number of alkyl carbamates (subject to hydrolysis) is 1. The molecule has 2 amide bonds. The number of amides is 2. The van der Waals surface area contributed by atoms with Gasteiger partial charge in [0.2, 0.25) is 5.91 Å². The minimum atomic E-state index is -0.554. The van der Waals surface area contributed by atoms with Gasteiger partial charge in [0.25, 0.3) is 0 Å². The molecular weight excluding hydrogens is 382 g/mol. The summed E-state index contributed by atoms with van der Waals surface area (Å²) >= 11 is 0. The van der Waals surface area contributed by atoms with Gasteiger partial charge in [-0.25, -0.2) is 4.79 Å². The van der Waals surface area contributed by atoms with Gasteiger partial charge in [-0.3, -0.25) is 4.79 Å². The Hall–Kier alpha value is -1.60. The fourth-order valence-corrected chi connectivity index (χ4v) is 4.15. The van der Waals surface area contributed by atoms with E-state index in [9.17, 15) is 14.8 Å². The van der Waals surface area contributed by atoms with Crippen LogP contribution in [0.25, 0.3) is 0 Å². The van der Waals surface area contributed by atoms with Gasteiger partial charge < -0.3 is 20.6 Å². The lowest BCUT2D eigenvalue weighted by molar-refractivity contribution is -0.246. The first-order valence-electron chi connectivity index (χ1n) is 11.0. The second-order valence-corrected chi connectivity index (χ2v) is 11.1. The summed E-state index contributed by atoms with van der Waals surface area (Å²) in [7, 11) is 0. The molecule has 1 rings (SSSR count). The number of hydrogen-bond donors (Lipinski definition) is 3. The van der Waals surface area contributed by atoms with Crippen molar-refractivity contribution in [2.75, 3.05) is 0 Å². The smallest absolute Gasteiger partial charge is 0.408 e. The SMILES string of the molecule is CC(C)C[C@H](/C=C/CC(=O)NC1CC(C)(C)N(O)C(C)(C)C1)NC(=O)OC(C)(C)C. The van der Waals surface area contributed by atoms with Crippen molar-refractivity contribution in [3.05, 3.63) is 12.2 Å². The molecule has 30 heavy (non-hydrogen) atoms. The number of rotatable bonds is 7. The van der Waals surface area contributed by atoms with E-state index < -0.39 is 22.8 Å². The lowest BCUT2D eigenvalue weighted by Crippen LogP contribution is -2.62. The Morgan fingerprint density at radius 2 is 1.70 bits per heavy atom. The molecule has 1 fully saturated rings. The van der Waals surface area contributed by atoms with E-state index in [0.717, 1.165) is 6.42 Å². The van der Waals surface area contributed by atoms with Crippen LogP contribution >= 0.6 is 0 Å². The van der Waals surface area contributed by atoms with Crippen molar-refractivity contribution < 1.29 is 19.5 Å². The molecule has 1 aliphatic rings. The summed E-state index contributed by atoms with van der Waals surface area (Å²) in [6.45, 7) is 17.6. The molecule has 174 valence electrons. The molecule has 1 atom stereocenters. The van der Waals surface area contributed by atoms with Gasteiger partial charge in [-0.1, -0.05) is 26.0 Å². The number of hydroxylamine groups is 2. The van der Waals surface area contributed by atoms with Crippen molar-refractivity contribution in [3.63, 3.8) is 0 Å². The van der Waals surface area contributed by atoms with Gasteiger partial charge in [-0.05, 0) is 73.6 Å². The molecular formula is C23H43N3O4.